The molecule has 0 radical (unpaired) electrons. The maximum atomic E-state index is 11.1. The van der Waals surface area contributed by atoms with E-state index in [2.05, 4.69) is 17.1 Å². The van der Waals surface area contributed by atoms with Gasteiger partial charge in [0, 0.05) is 20.8 Å². The average Bonchev–Trinajstić information content (AvgIpc) is 3.16. The first-order chi connectivity index (χ1) is 10.2. The largest absolute Gasteiger partial charge is 0.478 e. The highest BCUT2D eigenvalue weighted by Gasteiger charge is 2.07. The first kappa shape index (κ1) is 13.7. The maximum Gasteiger partial charge on any atom is 0.337 e. The molecule has 3 rings (SSSR count). The second kappa shape index (κ2) is 6.03. The van der Waals surface area contributed by atoms with Crippen molar-refractivity contribution < 1.29 is 9.90 Å². The van der Waals surface area contributed by atoms with Crippen LogP contribution in [0, 0.1) is 0 Å². The average molecular weight is 313 g/mol. The predicted octanol–water partition coefficient (Wildman–Crippen LogP) is 4.93. The molecule has 0 amide bonds. The van der Waals surface area contributed by atoms with Crippen molar-refractivity contribution in [3.63, 3.8) is 0 Å². The fraction of sp³-hybridized carbons (Fsp3) is 0. The number of carboxylic acid groups (broad SMARTS) is 1. The van der Waals surface area contributed by atoms with Crippen molar-refractivity contribution in [1.82, 2.24) is 0 Å². The first-order valence-electron chi connectivity index (χ1n) is 6.24. The number of aromatic carboxylic acids is 1. The minimum absolute atomic E-state index is 0.212. The Hall–Kier alpha value is -2.24. The Kier molecular flexibility index (Phi) is 3.94. The lowest BCUT2D eigenvalue weighted by atomic mass is 10.2. The maximum absolute atomic E-state index is 11.1. The van der Waals surface area contributed by atoms with E-state index < -0.39 is 5.97 Å². The molecular weight excluding hydrogens is 302 g/mol. The van der Waals surface area contributed by atoms with Crippen LogP contribution < -0.4 is 0 Å². The van der Waals surface area contributed by atoms with E-state index in [0.29, 0.717) is 5.69 Å². The topological polar surface area (TPSA) is 49.7 Å². The monoisotopic (exact) mass is 313 g/mol. The molecule has 5 heteroatoms. The minimum Gasteiger partial charge on any atom is -0.478 e. The van der Waals surface area contributed by atoms with Gasteiger partial charge in [0.1, 0.15) is 0 Å². The van der Waals surface area contributed by atoms with Crippen molar-refractivity contribution in [2.75, 3.05) is 0 Å². The lowest BCUT2D eigenvalue weighted by molar-refractivity contribution is 0.0698. The molecule has 2 heterocycles. The molecule has 3 nitrogen and oxygen atoms in total. The highest BCUT2D eigenvalue weighted by atomic mass is 32.1. The van der Waals surface area contributed by atoms with Gasteiger partial charge in [0.15, 0.2) is 0 Å². The summed E-state index contributed by atoms with van der Waals surface area (Å²) in [5.74, 6) is -0.965. The van der Waals surface area contributed by atoms with Crippen LogP contribution in [0.4, 0.5) is 5.69 Å². The molecule has 0 bridgehead atoms. The van der Waals surface area contributed by atoms with Gasteiger partial charge in [-0.15, -0.1) is 22.7 Å². The van der Waals surface area contributed by atoms with Crippen LogP contribution in [0.1, 0.15) is 15.2 Å². The van der Waals surface area contributed by atoms with E-state index in [1.807, 2.05) is 17.5 Å². The third-order valence-electron chi connectivity index (χ3n) is 2.86. The normalized spacial score (nSPS) is 11.0. The summed E-state index contributed by atoms with van der Waals surface area (Å²) in [6, 6.07) is 14.9. The van der Waals surface area contributed by atoms with Gasteiger partial charge in [-0.05, 0) is 35.7 Å². The molecule has 0 aliphatic heterocycles. The molecule has 0 atom stereocenters. The summed E-state index contributed by atoms with van der Waals surface area (Å²) < 4.78 is 0. The second-order valence-electron chi connectivity index (χ2n) is 4.26. The molecule has 3 aromatic rings. The predicted molar refractivity (Wildman–Crippen MR) is 88.3 cm³/mol. The number of carbonyl (C=O) groups is 1. The van der Waals surface area contributed by atoms with Gasteiger partial charge in [0.05, 0.1) is 11.3 Å². The highest BCUT2D eigenvalue weighted by molar-refractivity contribution is 7.22. The van der Waals surface area contributed by atoms with Crippen LogP contribution in [-0.2, 0) is 0 Å². The molecule has 0 spiro atoms. The summed E-state index contributed by atoms with van der Waals surface area (Å²) in [6.07, 6.45) is 1.71. The van der Waals surface area contributed by atoms with E-state index in [-0.39, 0.29) is 5.56 Å². The molecule has 0 unspecified atom stereocenters. The smallest absolute Gasteiger partial charge is 0.337 e. The molecule has 0 saturated carbocycles. The molecule has 2 aromatic heterocycles. The number of carboxylic acids is 1. The molecule has 1 aromatic carbocycles. The molecular formula is C16H11NO2S2. The number of nitrogens with zero attached hydrogens (tertiary/aromatic N) is 1. The SMILES string of the molecule is O=C(O)c1ccccc1N=Cc1ccc(-c2cccs2)s1. The lowest BCUT2D eigenvalue weighted by Gasteiger charge is -1.98. The number of para-hydroxylation sites is 1. The summed E-state index contributed by atoms with van der Waals surface area (Å²) in [6.45, 7) is 0. The highest BCUT2D eigenvalue weighted by Crippen LogP contribution is 2.31. The van der Waals surface area contributed by atoms with Crippen LogP contribution in [0.2, 0.25) is 0 Å². The molecule has 0 saturated heterocycles. The van der Waals surface area contributed by atoms with Crippen molar-refractivity contribution in [3.05, 3.63) is 64.4 Å². The van der Waals surface area contributed by atoms with Crippen molar-refractivity contribution in [2.24, 2.45) is 4.99 Å². The Morgan fingerprint density at radius 1 is 1.05 bits per heavy atom. The molecule has 0 aliphatic rings. The van der Waals surface area contributed by atoms with Gasteiger partial charge in [-0.25, -0.2) is 4.79 Å². The lowest BCUT2D eigenvalue weighted by Crippen LogP contribution is -1.95. The van der Waals surface area contributed by atoms with Crippen LogP contribution >= 0.6 is 22.7 Å². The van der Waals surface area contributed by atoms with Gasteiger partial charge in [-0.1, -0.05) is 18.2 Å². The number of hydrogen-bond donors (Lipinski definition) is 1. The number of rotatable bonds is 4. The van der Waals surface area contributed by atoms with E-state index in [1.54, 1.807) is 53.2 Å². The summed E-state index contributed by atoms with van der Waals surface area (Å²) in [7, 11) is 0. The van der Waals surface area contributed by atoms with Crippen molar-refractivity contribution >= 4 is 40.5 Å². The van der Waals surface area contributed by atoms with E-state index in [1.165, 1.54) is 9.75 Å². The molecule has 21 heavy (non-hydrogen) atoms. The van der Waals surface area contributed by atoms with Crippen LogP contribution in [0.15, 0.2) is 58.9 Å². The quantitative estimate of drug-likeness (QED) is 0.695. The zero-order valence-electron chi connectivity index (χ0n) is 10.9. The zero-order chi connectivity index (χ0) is 14.7. The Balaban J connectivity index is 1.86. The summed E-state index contributed by atoms with van der Waals surface area (Å²) in [5, 5.41) is 11.2. The Morgan fingerprint density at radius 3 is 2.67 bits per heavy atom. The number of aliphatic imine (C=N–C) groups is 1. The standard InChI is InChI=1S/C16H11NO2S2/c18-16(19)12-4-1-2-5-13(12)17-10-11-7-8-15(21-11)14-6-3-9-20-14/h1-10H,(H,18,19). The molecule has 1 N–H and O–H groups in total. The molecule has 0 fully saturated rings. The second-order valence-corrected chi connectivity index (χ2v) is 6.32. The first-order valence-corrected chi connectivity index (χ1v) is 7.94. The summed E-state index contributed by atoms with van der Waals surface area (Å²) >= 11 is 3.34. The Bertz CT molecular complexity index is 788. The van der Waals surface area contributed by atoms with Crippen molar-refractivity contribution in [2.45, 2.75) is 0 Å². The van der Waals surface area contributed by atoms with Gasteiger partial charge in [0.25, 0.3) is 0 Å². The fourth-order valence-corrected chi connectivity index (χ4v) is 3.59. The van der Waals surface area contributed by atoms with Crippen molar-refractivity contribution in [3.8, 4) is 9.75 Å². The third kappa shape index (κ3) is 3.09. The van der Waals surface area contributed by atoms with Crippen molar-refractivity contribution in [1.29, 1.82) is 0 Å². The third-order valence-corrected chi connectivity index (χ3v) is 4.94. The Morgan fingerprint density at radius 2 is 1.90 bits per heavy atom. The zero-order valence-corrected chi connectivity index (χ0v) is 12.5. The van der Waals surface area contributed by atoms with Crippen LogP contribution in [0.3, 0.4) is 0 Å². The summed E-state index contributed by atoms with van der Waals surface area (Å²) in [5.41, 5.74) is 0.680. The molecule has 104 valence electrons. The van der Waals surface area contributed by atoms with Crippen LogP contribution in [0.5, 0.6) is 0 Å². The Labute approximate surface area is 129 Å². The number of hydrogen-bond acceptors (Lipinski definition) is 4. The molecule has 0 aliphatic carbocycles. The van der Waals surface area contributed by atoms with Gasteiger partial charge in [-0.3, -0.25) is 4.99 Å². The minimum atomic E-state index is -0.965. The van der Waals surface area contributed by atoms with Gasteiger partial charge < -0.3 is 5.11 Å². The van der Waals surface area contributed by atoms with E-state index in [9.17, 15) is 4.79 Å². The summed E-state index contributed by atoms with van der Waals surface area (Å²) in [4.78, 5) is 18.8. The van der Waals surface area contributed by atoms with Gasteiger partial charge >= 0.3 is 5.97 Å². The van der Waals surface area contributed by atoms with Gasteiger partial charge in [-0.2, -0.15) is 0 Å². The van der Waals surface area contributed by atoms with E-state index in [4.69, 9.17) is 5.11 Å². The van der Waals surface area contributed by atoms with E-state index in [0.717, 1.165) is 4.88 Å². The van der Waals surface area contributed by atoms with Crippen LogP contribution in [0.25, 0.3) is 9.75 Å². The fourth-order valence-electron chi connectivity index (χ4n) is 1.87. The van der Waals surface area contributed by atoms with Gasteiger partial charge in [0.2, 0.25) is 0 Å². The number of benzene rings is 1. The van der Waals surface area contributed by atoms with Crippen LogP contribution in [-0.4, -0.2) is 17.3 Å². The number of thiophene rings is 2. The van der Waals surface area contributed by atoms with E-state index >= 15 is 0 Å².